The summed E-state index contributed by atoms with van der Waals surface area (Å²) in [7, 11) is 0. The molecule has 0 heterocycles. The lowest BCUT2D eigenvalue weighted by molar-refractivity contribution is -0.142. The average Bonchev–Trinajstić information content (AvgIpc) is 2.80. The summed E-state index contributed by atoms with van der Waals surface area (Å²) >= 11 is 0. The van der Waals surface area contributed by atoms with E-state index in [0.717, 1.165) is 16.7 Å². The minimum Gasteiger partial charge on any atom is -0.480 e. The largest absolute Gasteiger partial charge is 0.480 e. The number of carboxylic acids is 1. The molecular weight excluding hydrogens is 450 g/mol. The van der Waals surface area contributed by atoms with Crippen LogP contribution in [-0.4, -0.2) is 47.1 Å². The van der Waals surface area contributed by atoms with Crippen molar-refractivity contribution in [2.24, 2.45) is 26.7 Å². The molecule has 7 N–H and O–H groups in total. The second-order valence-electron chi connectivity index (χ2n) is 8.04. The number of aliphatic carboxylic acids is 1. The van der Waals surface area contributed by atoms with E-state index < -0.39 is 36.0 Å². The maximum Gasteiger partial charge on any atom is 0.360 e. The highest BCUT2D eigenvalue weighted by Gasteiger charge is 2.32. The lowest BCUT2D eigenvalue weighted by atomic mass is 10.0. The van der Waals surface area contributed by atoms with Crippen molar-refractivity contribution >= 4 is 29.6 Å². The molecule has 0 saturated carbocycles. The van der Waals surface area contributed by atoms with E-state index in [0.29, 0.717) is 5.69 Å². The molecule has 0 aliphatic carbocycles. The van der Waals surface area contributed by atoms with Gasteiger partial charge in [0, 0.05) is 6.42 Å². The van der Waals surface area contributed by atoms with Crippen molar-refractivity contribution < 1.29 is 19.5 Å². The van der Waals surface area contributed by atoms with Gasteiger partial charge in [0.05, 0.1) is 11.7 Å². The number of hydrogen-bond donors (Lipinski definition) is 5. The van der Waals surface area contributed by atoms with E-state index in [9.17, 15) is 19.5 Å². The zero-order valence-corrected chi connectivity index (χ0v) is 19.9. The fraction of sp³-hybridized carbons (Fsp3) is 0.333. The average molecular weight is 482 g/mol. The van der Waals surface area contributed by atoms with Crippen molar-refractivity contribution in [2.75, 3.05) is 0 Å². The second kappa shape index (κ2) is 12.8. The van der Waals surface area contributed by atoms with E-state index in [2.05, 4.69) is 25.9 Å². The van der Waals surface area contributed by atoms with Crippen molar-refractivity contribution in [3.8, 4) is 0 Å². The molecule has 0 spiro atoms. The number of urea groups is 1. The molecule has 186 valence electrons. The van der Waals surface area contributed by atoms with Gasteiger partial charge in [-0.15, -0.1) is 5.11 Å². The van der Waals surface area contributed by atoms with E-state index in [-0.39, 0.29) is 18.8 Å². The van der Waals surface area contributed by atoms with Crippen molar-refractivity contribution in [3.05, 3.63) is 65.2 Å². The Kier molecular flexibility index (Phi) is 9.88. The van der Waals surface area contributed by atoms with Crippen molar-refractivity contribution in [1.82, 2.24) is 10.6 Å². The van der Waals surface area contributed by atoms with Crippen LogP contribution in [0.3, 0.4) is 0 Å². The molecule has 2 rings (SSSR count). The normalized spacial score (nSPS) is 13.5. The number of benzene rings is 2. The molecule has 35 heavy (non-hydrogen) atoms. The van der Waals surface area contributed by atoms with Gasteiger partial charge in [-0.1, -0.05) is 60.1 Å². The Balaban J connectivity index is 2.24. The predicted molar refractivity (Wildman–Crippen MR) is 132 cm³/mol. The summed E-state index contributed by atoms with van der Waals surface area (Å²) in [5.41, 5.74) is 14.0. The van der Waals surface area contributed by atoms with Crippen molar-refractivity contribution in [1.29, 1.82) is 0 Å². The first-order valence-corrected chi connectivity index (χ1v) is 11.1. The first-order valence-electron chi connectivity index (χ1n) is 11.1. The third-order valence-corrected chi connectivity index (χ3v) is 5.18. The molecule has 0 fully saturated rings. The number of nitrogens with zero attached hydrogens (tertiary/aromatic N) is 3. The summed E-state index contributed by atoms with van der Waals surface area (Å²) in [5.74, 6) is -2.33. The van der Waals surface area contributed by atoms with Crippen LogP contribution in [0.25, 0.3) is 0 Å². The summed E-state index contributed by atoms with van der Waals surface area (Å²) < 4.78 is 0. The maximum absolute atomic E-state index is 13.1. The van der Waals surface area contributed by atoms with E-state index >= 15 is 0 Å². The summed E-state index contributed by atoms with van der Waals surface area (Å²) in [5, 5.41) is 22.3. The van der Waals surface area contributed by atoms with Crippen LogP contribution >= 0.6 is 0 Å². The van der Waals surface area contributed by atoms with E-state index in [4.69, 9.17) is 11.5 Å². The lowest BCUT2D eigenvalue weighted by Crippen LogP contribution is -2.55. The SMILES string of the molecule is CCC(N=C(N)N)C(NC(=O)C(Cc1ccccc1)NC(=O)N=Nc1ccc(C)cc1C)C(=O)O. The van der Waals surface area contributed by atoms with Crippen molar-refractivity contribution in [3.63, 3.8) is 0 Å². The van der Waals surface area contributed by atoms with Gasteiger partial charge in [-0.25, -0.2) is 14.6 Å². The molecule has 2 aromatic rings. The van der Waals surface area contributed by atoms with Gasteiger partial charge in [-0.05, 0) is 37.5 Å². The highest BCUT2D eigenvalue weighted by atomic mass is 16.4. The summed E-state index contributed by atoms with van der Waals surface area (Å²) in [6.07, 6.45) is 0.359. The fourth-order valence-corrected chi connectivity index (χ4v) is 3.42. The van der Waals surface area contributed by atoms with Gasteiger partial charge in [0.25, 0.3) is 0 Å². The number of guanidine groups is 1. The van der Waals surface area contributed by atoms with E-state index in [1.54, 1.807) is 37.3 Å². The quantitative estimate of drug-likeness (QED) is 0.197. The molecule has 0 aliphatic rings. The van der Waals surface area contributed by atoms with Crippen LogP contribution < -0.4 is 22.1 Å². The molecule has 3 atom stereocenters. The minimum atomic E-state index is -1.40. The van der Waals surface area contributed by atoms with Crippen LogP contribution in [0, 0.1) is 13.8 Å². The monoisotopic (exact) mass is 481 g/mol. The zero-order chi connectivity index (χ0) is 26.0. The van der Waals surface area contributed by atoms with Crippen LogP contribution in [0.4, 0.5) is 10.5 Å². The third kappa shape index (κ3) is 8.54. The number of nitrogens with two attached hydrogens (primary N) is 2. The van der Waals surface area contributed by atoms with Gasteiger partial charge in [0.1, 0.15) is 12.1 Å². The number of carboxylic acid groups (broad SMARTS) is 1. The van der Waals surface area contributed by atoms with Crippen LogP contribution in [0.5, 0.6) is 0 Å². The van der Waals surface area contributed by atoms with E-state index in [1.165, 1.54) is 0 Å². The molecule has 11 heteroatoms. The number of aryl methyl sites for hydroxylation is 2. The number of aliphatic imine (C=N–C) groups is 1. The molecule has 2 aromatic carbocycles. The van der Waals surface area contributed by atoms with Gasteiger partial charge >= 0.3 is 12.0 Å². The van der Waals surface area contributed by atoms with Crippen LogP contribution in [-0.2, 0) is 16.0 Å². The topological polar surface area (TPSA) is 185 Å². The van der Waals surface area contributed by atoms with Gasteiger partial charge in [-0.2, -0.15) is 0 Å². The number of azo groups is 1. The summed E-state index contributed by atoms with van der Waals surface area (Å²) in [6.45, 7) is 5.47. The Morgan fingerprint density at radius 3 is 2.29 bits per heavy atom. The first kappa shape index (κ1) is 27.0. The second-order valence-corrected chi connectivity index (χ2v) is 8.04. The zero-order valence-electron chi connectivity index (χ0n) is 19.9. The molecule has 3 unspecified atom stereocenters. The number of amides is 3. The van der Waals surface area contributed by atoms with Gasteiger partial charge in [0.2, 0.25) is 5.91 Å². The van der Waals surface area contributed by atoms with Gasteiger partial charge in [0.15, 0.2) is 5.96 Å². The van der Waals surface area contributed by atoms with Crippen LogP contribution in [0.1, 0.15) is 30.0 Å². The molecule has 11 nitrogen and oxygen atoms in total. The Morgan fingerprint density at radius 1 is 1.03 bits per heavy atom. The molecule has 0 aromatic heterocycles. The Morgan fingerprint density at radius 2 is 1.71 bits per heavy atom. The number of nitrogens with one attached hydrogen (secondary N) is 2. The number of carbonyl (C=O) groups is 3. The molecule has 0 bridgehead atoms. The summed E-state index contributed by atoms with van der Waals surface area (Å²) in [4.78, 5) is 41.4. The van der Waals surface area contributed by atoms with Gasteiger partial charge < -0.3 is 27.2 Å². The molecular formula is C24H31N7O4. The smallest absolute Gasteiger partial charge is 0.360 e. The standard InChI is InChI=1S/C24H31N7O4/c1-4-17(27-23(25)26)20(22(33)34)29-21(32)19(13-16-8-6-5-7-9-16)28-24(35)31-30-18-11-10-14(2)12-15(18)3/h5-12,17,19-20H,4,13H2,1-3H3,(H,28,35)(H,29,32)(H,33,34)(H4,25,26,27). The molecule has 3 amide bonds. The Hall–Kier alpha value is -4.28. The lowest BCUT2D eigenvalue weighted by Gasteiger charge is -2.24. The third-order valence-electron chi connectivity index (χ3n) is 5.18. The first-order chi connectivity index (χ1) is 16.6. The van der Waals surface area contributed by atoms with Crippen molar-refractivity contribution in [2.45, 2.75) is 51.7 Å². The Bertz CT molecular complexity index is 1100. The number of carbonyl (C=O) groups excluding carboxylic acids is 2. The van der Waals surface area contributed by atoms with Gasteiger partial charge in [-0.3, -0.25) is 4.79 Å². The van der Waals surface area contributed by atoms with E-state index in [1.807, 2.05) is 32.0 Å². The number of rotatable bonds is 10. The summed E-state index contributed by atoms with van der Waals surface area (Å²) in [6, 6.07) is 10.2. The fourth-order valence-electron chi connectivity index (χ4n) is 3.42. The Labute approximate surface area is 203 Å². The molecule has 0 radical (unpaired) electrons. The van der Waals surface area contributed by atoms with Crippen LogP contribution in [0.2, 0.25) is 0 Å². The molecule has 0 aliphatic heterocycles. The minimum absolute atomic E-state index is 0.100. The highest BCUT2D eigenvalue weighted by molar-refractivity contribution is 5.91. The number of hydrogen-bond acceptors (Lipinski definition) is 5. The maximum atomic E-state index is 13.1. The predicted octanol–water partition coefficient (Wildman–Crippen LogP) is 2.33. The molecule has 0 saturated heterocycles. The highest BCUT2D eigenvalue weighted by Crippen LogP contribution is 2.19. The van der Waals surface area contributed by atoms with Crippen LogP contribution in [0.15, 0.2) is 63.8 Å².